The average Bonchev–Trinajstić information content (AvgIpc) is 3.26. The van der Waals surface area contributed by atoms with E-state index in [1.807, 2.05) is 6.92 Å². The van der Waals surface area contributed by atoms with E-state index in [-0.39, 0.29) is 52.3 Å². The summed E-state index contributed by atoms with van der Waals surface area (Å²) in [7, 11) is -3.99. The van der Waals surface area contributed by atoms with E-state index >= 15 is 0 Å². The van der Waals surface area contributed by atoms with Crippen molar-refractivity contribution in [2.75, 3.05) is 6.61 Å². The van der Waals surface area contributed by atoms with Gasteiger partial charge < -0.3 is 14.9 Å². The van der Waals surface area contributed by atoms with Crippen molar-refractivity contribution < 1.29 is 28.2 Å². The summed E-state index contributed by atoms with van der Waals surface area (Å²) >= 11 is 0. The number of carbonyl (C=O) groups excluding carboxylic acids is 1. The van der Waals surface area contributed by atoms with Gasteiger partial charge in [-0.1, -0.05) is 51.8 Å². The minimum atomic E-state index is -3.99. The quantitative estimate of drug-likeness (QED) is 0.403. The van der Waals surface area contributed by atoms with Gasteiger partial charge in [-0.05, 0) is 116 Å². The lowest BCUT2D eigenvalue weighted by Crippen LogP contribution is -2.62. The maximum atomic E-state index is 12.6. The Kier molecular flexibility index (Phi) is 8.12. The molecule has 1 amide bonds. The number of ether oxygens (including phenoxy) is 1. The zero-order valence-electron chi connectivity index (χ0n) is 24.8. The molecule has 4 aliphatic carbocycles. The van der Waals surface area contributed by atoms with Gasteiger partial charge in [0.05, 0.1) is 23.7 Å². The second kappa shape index (κ2) is 10.9. The number of hydrogen-bond acceptors (Lipinski definition) is 6. The van der Waals surface area contributed by atoms with Crippen LogP contribution < -0.4 is 4.72 Å². The van der Waals surface area contributed by atoms with Crippen LogP contribution in [0.15, 0.2) is 29.2 Å². The number of rotatable bonds is 6. The van der Waals surface area contributed by atoms with Crippen molar-refractivity contribution in [3.05, 3.63) is 29.8 Å². The number of hydrogen-bond donors (Lipinski definition) is 3. The van der Waals surface area contributed by atoms with E-state index < -0.39 is 16.1 Å². The monoisotopic (exact) mass is 575 g/mol. The van der Waals surface area contributed by atoms with E-state index in [4.69, 9.17) is 4.74 Å². The molecule has 4 fully saturated rings. The van der Waals surface area contributed by atoms with Crippen molar-refractivity contribution in [1.82, 2.24) is 4.72 Å². The van der Waals surface area contributed by atoms with Gasteiger partial charge in [-0.25, -0.2) is 17.9 Å². The molecule has 8 heteroatoms. The van der Waals surface area contributed by atoms with Gasteiger partial charge in [-0.3, -0.25) is 0 Å². The SMILES string of the molecule is CC[C@H]1[C@@H](O)C2C3CCC([C@H](C)COC(=O)NS(=O)(=O)c4ccc(C)cc4)[C@@]3(C)CCC2[C@@]2(C)CC[C@@H](O)C[C@@H]12. The third-order valence-corrected chi connectivity index (χ3v) is 13.5. The van der Waals surface area contributed by atoms with E-state index in [1.54, 1.807) is 12.1 Å². The summed E-state index contributed by atoms with van der Waals surface area (Å²) in [5.41, 5.74) is 1.15. The number of amides is 1. The van der Waals surface area contributed by atoms with Crippen LogP contribution in [0, 0.1) is 59.2 Å². The maximum Gasteiger partial charge on any atom is 0.421 e. The first-order chi connectivity index (χ1) is 18.8. The zero-order chi connectivity index (χ0) is 29.0. The van der Waals surface area contributed by atoms with Crippen molar-refractivity contribution in [3.8, 4) is 0 Å². The minimum Gasteiger partial charge on any atom is -0.449 e. The van der Waals surface area contributed by atoms with Crippen LogP contribution in [0.3, 0.4) is 0 Å². The number of carbonyl (C=O) groups is 1. The Balaban J connectivity index is 1.26. The molecule has 7 nitrogen and oxygen atoms in total. The number of fused-ring (bicyclic) bond motifs is 5. The van der Waals surface area contributed by atoms with E-state index in [0.29, 0.717) is 23.7 Å². The van der Waals surface area contributed by atoms with Crippen LogP contribution in [-0.2, 0) is 14.8 Å². The molecular weight excluding hydrogens is 526 g/mol. The molecule has 0 bridgehead atoms. The first kappa shape index (κ1) is 29.8. The molecule has 1 aromatic carbocycles. The second-order valence-corrected chi connectivity index (χ2v) is 15.8. The lowest BCUT2D eigenvalue weighted by atomic mass is 9.41. The number of aryl methyl sites for hydroxylation is 1. The predicted molar refractivity (Wildman–Crippen MR) is 154 cm³/mol. The maximum absolute atomic E-state index is 12.6. The van der Waals surface area contributed by atoms with E-state index in [0.717, 1.165) is 56.9 Å². The average molecular weight is 576 g/mol. The Hall–Kier alpha value is -1.64. The largest absolute Gasteiger partial charge is 0.449 e. The lowest BCUT2D eigenvalue weighted by Gasteiger charge is -2.64. The van der Waals surface area contributed by atoms with Crippen LogP contribution in [0.4, 0.5) is 4.79 Å². The highest BCUT2D eigenvalue weighted by Crippen LogP contribution is 2.69. The first-order valence-corrected chi connectivity index (χ1v) is 16.9. The van der Waals surface area contributed by atoms with E-state index in [1.165, 1.54) is 12.1 Å². The summed E-state index contributed by atoms with van der Waals surface area (Å²) in [5, 5.41) is 22.4. The topological polar surface area (TPSA) is 113 Å². The third-order valence-electron chi connectivity index (χ3n) is 12.2. The van der Waals surface area contributed by atoms with Crippen molar-refractivity contribution >= 4 is 16.1 Å². The summed E-state index contributed by atoms with van der Waals surface area (Å²) in [6.07, 6.45) is 6.41. The van der Waals surface area contributed by atoms with E-state index in [2.05, 4.69) is 32.4 Å². The summed E-state index contributed by atoms with van der Waals surface area (Å²) in [4.78, 5) is 12.5. The fourth-order valence-corrected chi connectivity index (χ4v) is 11.1. The highest BCUT2D eigenvalue weighted by molar-refractivity contribution is 7.90. The summed E-state index contributed by atoms with van der Waals surface area (Å²) < 4.78 is 32.7. The smallest absolute Gasteiger partial charge is 0.421 e. The van der Waals surface area contributed by atoms with Gasteiger partial charge in [-0.2, -0.15) is 0 Å². The molecule has 11 atom stereocenters. The van der Waals surface area contributed by atoms with Crippen molar-refractivity contribution in [2.45, 2.75) is 103 Å². The highest BCUT2D eigenvalue weighted by atomic mass is 32.2. The van der Waals surface area contributed by atoms with Gasteiger partial charge in [0, 0.05) is 0 Å². The van der Waals surface area contributed by atoms with Gasteiger partial charge in [0.2, 0.25) is 0 Å². The molecule has 1 aromatic rings. The Morgan fingerprint density at radius 1 is 1.02 bits per heavy atom. The summed E-state index contributed by atoms with van der Waals surface area (Å²) in [5.74, 6) is 2.18. The molecule has 4 saturated carbocycles. The van der Waals surface area contributed by atoms with Crippen LogP contribution in [0.25, 0.3) is 0 Å². The molecule has 0 saturated heterocycles. The number of aliphatic hydroxyl groups is 2. The van der Waals surface area contributed by atoms with Crippen LogP contribution in [0.1, 0.15) is 84.6 Å². The van der Waals surface area contributed by atoms with Gasteiger partial charge in [0.25, 0.3) is 10.0 Å². The van der Waals surface area contributed by atoms with Gasteiger partial charge in [-0.15, -0.1) is 0 Å². The normalized spacial score (nSPS) is 41.8. The molecule has 224 valence electrons. The van der Waals surface area contributed by atoms with Gasteiger partial charge in [0.15, 0.2) is 0 Å². The van der Waals surface area contributed by atoms with Crippen LogP contribution in [0.5, 0.6) is 0 Å². The standard InChI is InChI=1S/C32H49NO6S/c1-6-23-27-17-21(34)13-15-32(27,5)26-14-16-31(4)24(11-12-25(31)28(26)29(23)35)20(3)18-39-30(36)33-40(37,38)22-9-7-19(2)8-10-22/h7-10,20-21,23-29,34-35H,6,11-18H2,1-5H3,(H,33,36)/t20-,21-,23-,24?,25?,26?,27+,28?,29-,31-,32-/m1/s1. The molecule has 4 unspecified atom stereocenters. The van der Waals surface area contributed by atoms with Gasteiger partial charge in [0.1, 0.15) is 0 Å². The molecule has 40 heavy (non-hydrogen) atoms. The van der Waals surface area contributed by atoms with Crippen molar-refractivity contribution in [1.29, 1.82) is 0 Å². The summed E-state index contributed by atoms with van der Waals surface area (Å²) in [6, 6.07) is 6.34. The summed E-state index contributed by atoms with van der Waals surface area (Å²) in [6.45, 7) is 11.2. The second-order valence-electron chi connectivity index (χ2n) is 14.1. The minimum absolute atomic E-state index is 0.0332. The van der Waals surface area contributed by atoms with Crippen molar-refractivity contribution in [3.63, 3.8) is 0 Å². The third kappa shape index (κ3) is 5.00. The number of aliphatic hydroxyl groups excluding tert-OH is 2. The van der Waals surface area contributed by atoms with Gasteiger partial charge >= 0.3 is 6.09 Å². The molecule has 5 rings (SSSR count). The molecule has 4 aliphatic rings. The Labute approximate surface area is 240 Å². The van der Waals surface area contributed by atoms with E-state index in [9.17, 15) is 23.4 Å². The predicted octanol–water partition coefficient (Wildman–Crippen LogP) is 5.67. The zero-order valence-corrected chi connectivity index (χ0v) is 25.6. The highest BCUT2D eigenvalue weighted by Gasteiger charge is 2.64. The van der Waals surface area contributed by atoms with Crippen LogP contribution in [-0.4, -0.2) is 43.5 Å². The fourth-order valence-electron chi connectivity index (χ4n) is 10.2. The fraction of sp³-hybridized carbons (Fsp3) is 0.781. The molecular formula is C32H49NO6S. The Bertz CT molecular complexity index is 1190. The molecule has 0 aromatic heterocycles. The number of benzene rings is 1. The molecule has 0 spiro atoms. The van der Waals surface area contributed by atoms with Crippen molar-refractivity contribution in [2.24, 2.45) is 52.3 Å². The Morgan fingerprint density at radius 3 is 2.35 bits per heavy atom. The van der Waals surface area contributed by atoms with Crippen LogP contribution in [0.2, 0.25) is 0 Å². The molecule has 0 heterocycles. The molecule has 3 N–H and O–H groups in total. The number of nitrogens with one attached hydrogen (secondary N) is 1. The lowest BCUT2D eigenvalue weighted by molar-refractivity contribution is -0.203. The Morgan fingerprint density at radius 2 is 1.68 bits per heavy atom. The number of sulfonamides is 1. The molecule has 0 aliphatic heterocycles. The van der Waals surface area contributed by atoms with Crippen LogP contribution >= 0.6 is 0 Å². The molecule has 0 radical (unpaired) electrons. The first-order valence-electron chi connectivity index (χ1n) is 15.4.